The minimum atomic E-state index is -0.308. The summed E-state index contributed by atoms with van der Waals surface area (Å²) in [5.74, 6) is 0.359. The van der Waals surface area contributed by atoms with Gasteiger partial charge in [0.2, 0.25) is 0 Å². The minimum absolute atomic E-state index is 0.0161. The van der Waals surface area contributed by atoms with Gasteiger partial charge < -0.3 is 9.97 Å². The van der Waals surface area contributed by atoms with Gasteiger partial charge in [0.15, 0.2) is 5.78 Å². The number of aryl methyl sites for hydroxylation is 1. The highest BCUT2D eigenvalue weighted by Crippen LogP contribution is 2.22. The number of carbonyl (C=O) groups excluding carboxylic acids is 1. The zero-order valence-electron chi connectivity index (χ0n) is 8.67. The van der Waals surface area contributed by atoms with Crippen molar-refractivity contribution in [1.82, 2.24) is 9.97 Å². The SMILES string of the molecule is Cc1[nH]c(=O)[nH]c1C(=O)CC1C=CCC1. The molecule has 1 aromatic heterocycles. The molecule has 1 aromatic rings. The number of Topliss-reactive ketones (excluding diaryl/α,β-unsaturated/α-hetero) is 1. The molecule has 1 aliphatic carbocycles. The predicted octanol–water partition coefficient (Wildman–Crippen LogP) is 1.55. The first-order valence-corrected chi connectivity index (χ1v) is 5.15. The van der Waals surface area contributed by atoms with Crippen molar-refractivity contribution >= 4 is 5.78 Å². The summed E-state index contributed by atoms with van der Waals surface area (Å²) in [5.41, 5.74) is 0.755. The molecule has 1 unspecified atom stereocenters. The molecule has 0 amide bonds. The Labute approximate surface area is 87.4 Å². The molecule has 0 bridgehead atoms. The maximum absolute atomic E-state index is 11.8. The Morgan fingerprint density at radius 1 is 1.53 bits per heavy atom. The molecule has 0 saturated carbocycles. The summed E-state index contributed by atoms with van der Waals surface area (Å²) in [6.45, 7) is 1.73. The number of ketones is 1. The summed E-state index contributed by atoms with van der Waals surface area (Å²) in [7, 11) is 0. The molecule has 0 radical (unpaired) electrons. The Bertz CT molecular complexity index is 453. The molecule has 0 saturated heterocycles. The van der Waals surface area contributed by atoms with Crippen LogP contribution in [0, 0.1) is 12.8 Å². The second-order valence-electron chi connectivity index (χ2n) is 3.97. The van der Waals surface area contributed by atoms with Crippen LogP contribution in [-0.2, 0) is 0 Å². The van der Waals surface area contributed by atoms with E-state index in [1.54, 1.807) is 6.92 Å². The number of imidazole rings is 1. The predicted molar refractivity (Wildman–Crippen MR) is 57.0 cm³/mol. The van der Waals surface area contributed by atoms with E-state index in [0.717, 1.165) is 12.8 Å². The number of aromatic nitrogens is 2. The van der Waals surface area contributed by atoms with Crippen molar-refractivity contribution in [3.63, 3.8) is 0 Å². The van der Waals surface area contributed by atoms with Gasteiger partial charge in [0.05, 0.1) is 0 Å². The van der Waals surface area contributed by atoms with Crippen molar-refractivity contribution in [3.8, 4) is 0 Å². The van der Waals surface area contributed by atoms with Gasteiger partial charge in [-0.25, -0.2) is 4.79 Å². The van der Waals surface area contributed by atoms with Crippen molar-refractivity contribution < 1.29 is 4.79 Å². The minimum Gasteiger partial charge on any atom is -0.310 e. The van der Waals surface area contributed by atoms with Crippen molar-refractivity contribution in [2.24, 2.45) is 5.92 Å². The molecular formula is C11H14N2O2. The lowest BCUT2D eigenvalue weighted by Crippen LogP contribution is -2.08. The molecule has 0 aromatic carbocycles. The number of nitrogens with one attached hydrogen (secondary N) is 2. The Morgan fingerprint density at radius 3 is 2.87 bits per heavy atom. The lowest BCUT2D eigenvalue weighted by molar-refractivity contribution is 0.0964. The lowest BCUT2D eigenvalue weighted by atomic mass is 10.00. The summed E-state index contributed by atoms with van der Waals surface area (Å²) in [6, 6.07) is 0. The number of rotatable bonds is 3. The third-order valence-corrected chi connectivity index (χ3v) is 2.75. The highest BCUT2D eigenvalue weighted by Gasteiger charge is 2.18. The van der Waals surface area contributed by atoms with Crippen LogP contribution in [-0.4, -0.2) is 15.8 Å². The van der Waals surface area contributed by atoms with Crippen LogP contribution in [0.4, 0.5) is 0 Å². The molecule has 4 nitrogen and oxygen atoms in total. The van der Waals surface area contributed by atoms with E-state index in [2.05, 4.69) is 22.1 Å². The summed E-state index contributed by atoms with van der Waals surface area (Å²) in [6.07, 6.45) is 6.77. The van der Waals surface area contributed by atoms with Gasteiger partial charge in [-0.05, 0) is 25.7 Å². The van der Waals surface area contributed by atoms with E-state index in [4.69, 9.17) is 0 Å². The average molecular weight is 206 g/mol. The molecule has 2 N–H and O–H groups in total. The molecule has 1 aliphatic rings. The second kappa shape index (κ2) is 3.88. The maximum Gasteiger partial charge on any atom is 0.323 e. The van der Waals surface area contributed by atoms with Crippen molar-refractivity contribution in [1.29, 1.82) is 0 Å². The first-order valence-electron chi connectivity index (χ1n) is 5.15. The largest absolute Gasteiger partial charge is 0.323 e. The first kappa shape index (κ1) is 9.96. The van der Waals surface area contributed by atoms with Crippen LogP contribution >= 0.6 is 0 Å². The Morgan fingerprint density at radius 2 is 2.33 bits per heavy atom. The van der Waals surface area contributed by atoms with Crippen LogP contribution < -0.4 is 5.69 Å². The van der Waals surface area contributed by atoms with Crippen molar-refractivity contribution in [3.05, 3.63) is 34.0 Å². The number of hydrogen-bond donors (Lipinski definition) is 2. The van der Waals surface area contributed by atoms with E-state index in [1.807, 2.05) is 0 Å². The molecule has 1 atom stereocenters. The average Bonchev–Trinajstić information content (AvgIpc) is 2.75. The van der Waals surface area contributed by atoms with Gasteiger partial charge in [-0.15, -0.1) is 0 Å². The van der Waals surface area contributed by atoms with Crippen LogP contribution in [0.5, 0.6) is 0 Å². The molecule has 0 aliphatic heterocycles. The molecule has 80 valence electrons. The van der Waals surface area contributed by atoms with Crippen LogP contribution in [0.2, 0.25) is 0 Å². The van der Waals surface area contributed by atoms with Gasteiger partial charge in [-0.3, -0.25) is 4.79 Å². The zero-order chi connectivity index (χ0) is 10.8. The molecule has 4 heteroatoms. The Kier molecular flexibility index (Phi) is 2.58. The first-order chi connectivity index (χ1) is 7.16. The smallest absolute Gasteiger partial charge is 0.310 e. The molecule has 15 heavy (non-hydrogen) atoms. The summed E-state index contributed by atoms with van der Waals surface area (Å²) >= 11 is 0. The van der Waals surface area contributed by atoms with Crippen LogP contribution in [0.1, 0.15) is 35.4 Å². The van der Waals surface area contributed by atoms with Gasteiger partial charge in [-0.2, -0.15) is 0 Å². The fraction of sp³-hybridized carbons (Fsp3) is 0.455. The van der Waals surface area contributed by atoms with Gasteiger partial charge in [0, 0.05) is 12.1 Å². The molecule has 0 spiro atoms. The quantitative estimate of drug-likeness (QED) is 0.582. The van der Waals surface area contributed by atoms with Crippen molar-refractivity contribution in [2.75, 3.05) is 0 Å². The molecular weight excluding hydrogens is 192 g/mol. The van der Waals surface area contributed by atoms with Gasteiger partial charge in [0.25, 0.3) is 0 Å². The van der Waals surface area contributed by atoms with Crippen LogP contribution in [0.3, 0.4) is 0 Å². The number of H-pyrrole nitrogens is 2. The number of carbonyl (C=O) groups is 1. The lowest BCUT2D eigenvalue weighted by Gasteiger charge is -2.05. The highest BCUT2D eigenvalue weighted by molar-refractivity contribution is 5.95. The molecule has 1 heterocycles. The fourth-order valence-corrected chi connectivity index (χ4v) is 1.96. The van der Waals surface area contributed by atoms with Gasteiger partial charge in [0.1, 0.15) is 5.69 Å². The topological polar surface area (TPSA) is 65.7 Å². The standard InChI is InChI=1S/C11H14N2O2/c1-7-10(13-11(15)12-7)9(14)6-8-4-2-3-5-8/h2,4,8H,3,5-6H2,1H3,(H2,12,13,15). The monoisotopic (exact) mass is 206 g/mol. The van der Waals surface area contributed by atoms with Crippen molar-refractivity contribution in [2.45, 2.75) is 26.2 Å². The van der Waals surface area contributed by atoms with Crippen LogP contribution in [0.25, 0.3) is 0 Å². The third-order valence-electron chi connectivity index (χ3n) is 2.75. The molecule has 0 fully saturated rings. The summed E-state index contributed by atoms with van der Waals surface area (Å²) < 4.78 is 0. The number of aromatic amines is 2. The Balaban J connectivity index is 2.10. The molecule has 2 rings (SSSR count). The van der Waals surface area contributed by atoms with E-state index in [9.17, 15) is 9.59 Å². The van der Waals surface area contributed by atoms with Crippen LogP contribution in [0.15, 0.2) is 16.9 Å². The van der Waals surface area contributed by atoms with E-state index < -0.39 is 0 Å². The number of hydrogen-bond acceptors (Lipinski definition) is 2. The van der Waals surface area contributed by atoms with E-state index in [0.29, 0.717) is 23.7 Å². The highest BCUT2D eigenvalue weighted by atomic mass is 16.1. The second-order valence-corrected chi connectivity index (χ2v) is 3.97. The van der Waals surface area contributed by atoms with Gasteiger partial charge >= 0.3 is 5.69 Å². The van der Waals surface area contributed by atoms with E-state index >= 15 is 0 Å². The number of allylic oxidation sites excluding steroid dienone is 2. The summed E-state index contributed by atoms with van der Waals surface area (Å²) in [4.78, 5) is 27.9. The third kappa shape index (κ3) is 2.09. The summed E-state index contributed by atoms with van der Waals surface area (Å²) in [5, 5.41) is 0. The normalized spacial score (nSPS) is 19.7. The van der Waals surface area contributed by atoms with Gasteiger partial charge in [-0.1, -0.05) is 12.2 Å². The fourth-order valence-electron chi connectivity index (χ4n) is 1.96. The Hall–Kier alpha value is -1.58. The van der Waals surface area contributed by atoms with E-state index in [1.165, 1.54) is 0 Å². The zero-order valence-corrected chi connectivity index (χ0v) is 8.67. The van der Waals surface area contributed by atoms with E-state index in [-0.39, 0.29) is 11.5 Å². The maximum atomic E-state index is 11.8.